The molecule has 88 valence electrons. The molecule has 2 aromatic heterocycles. The lowest BCUT2D eigenvalue weighted by Crippen LogP contribution is -1.96. The quantitative estimate of drug-likeness (QED) is 0.712. The van der Waals surface area contributed by atoms with E-state index in [9.17, 15) is 15.0 Å². The molecule has 0 saturated carbocycles. The second-order valence-electron chi connectivity index (χ2n) is 4.06. The Bertz CT molecular complexity index is 632. The summed E-state index contributed by atoms with van der Waals surface area (Å²) in [4.78, 5) is 18.1. The van der Waals surface area contributed by atoms with Gasteiger partial charge >= 0.3 is 4.87 Å². The van der Waals surface area contributed by atoms with E-state index in [0.29, 0.717) is 4.88 Å². The van der Waals surface area contributed by atoms with E-state index >= 15 is 0 Å². The van der Waals surface area contributed by atoms with Crippen LogP contribution in [0.2, 0.25) is 0 Å². The summed E-state index contributed by atoms with van der Waals surface area (Å²) in [6, 6.07) is 1.69. The van der Waals surface area contributed by atoms with Gasteiger partial charge in [-0.25, -0.2) is 0 Å². The molecule has 3 rings (SSSR count). The lowest BCUT2D eigenvalue weighted by atomic mass is 10.1. The van der Waals surface area contributed by atoms with Crippen LogP contribution in [-0.2, 0) is 6.42 Å². The van der Waals surface area contributed by atoms with Crippen LogP contribution in [-0.4, -0.2) is 20.2 Å². The van der Waals surface area contributed by atoms with Gasteiger partial charge in [-0.1, -0.05) is 11.3 Å². The van der Waals surface area contributed by atoms with Crippen molar-refractivity contribution in [2.75, 3.05) is 0 Å². The minimum atomic E-state index is -0.260. The van der Waals surface area contributed by atoms with Gasteiger partial charge in [0.25, 0.3) is 0 Å². The van der Waals surface area contributed by atoms with Gasteiger partial charge in [0.2, 0.25) is 5.88 Å². The Hall–Kier alpha value is -1.82. The Balaban J connectivity index is 2.09. The van der Waals surface area contributed by atoms with Crippen molar-refractivity contribution >= 4 is 11.3 Å². The molecule has 0 radical (unpaired) electrons. The van der Waals surface area contributed by atoms with E-state index in [0.717, 1.165) is 35.4 Å². The van der Waals surface area contributed by atoms with Crippen molar-refractivity contribution in [3.05, 3.63) is 38.1 Å². The highest BCUT2D eigenvalue weighted by Crippen LogP contribution is 2.41. The lowest BCUT2D eigenvalue weighted by Gasteiger charge is -2.07. The number of pyridine rings is 1. The third-order valence-electron chi connectivity index (χ3n) is 2.99. The van der Waals surface area contributed by atoms with Crippen LogP contribution in [0.3, 0.4) is 0 Å². The number of aromatic nitrogens is 2. The predicted octanol–water partition coefficient (Wildman–Crippen LogP) is 1.32. The lowest BCUT2D eigenvalue weighted by molar-refractivity contribution is 0.446. The molecular formula is C11H10N2O3S. The zero-order valence-electron chi connectivity index (χ0n) is 8.80. The van der Waals surface area contributed by atoms with E-state index in [1.54, 1.807) is 6.07 Å². The zero-order chi connectivity index (χ0) is 12.0. The molecule has 0 aliphatic heterocycles. The van der Waals surface area contributed by atoms with Crippen molar-refractivity contribution in [2.24, 2.45) is 0 Å². The fourth-order valence-electron chi connectivity index (χ4n) is 2.28. The number of aromatic amines is 1. The summed E-state index contributed by atoms with van der Waals surface area (Å²) in [7, 11) is 0. The molecule has 2 heterocycles. The van der Waals surface area contributed by atoms with Crippen LogP contribution >= 0.6 is 11.3 Å². The van der Waals surface area contributed by atoms with Crippen LogP contribution in [0, 0.1) is 0 Å². The molecule has 0 fully saturated rings. The first kappa shape index (κ1) is 10.3. The van der Waals surface area contributed by atoms with E-state index in [-0.39, 0.29) is 22.4 Å². The molecule has 0 saturated heterocycles. The minimum Gasteiger partial charge on any atom is -0.506 e. The topological polar surface area (TPSA) is 86.2 Å². The summed E-state index contributed by atoms with van der Waals surface area (Å²) < 4.78 is 0. The minimum absolute atomic E-state index is 0.0467. The fourth-order valence-corrected chi connectivity index (χ4v) is 3.15. The zero-order valence-corrected chi connectivity index (χ0v) is 9.62. The smallest absolute Gasteiger partial charge is 0.307 e. The third-order valence-corrected chi connectivity index (χ3v) is 3.98. The van der Waals surface area contributed by atoms with Crippen molar-refractivity contribution in [3.8, 4) is 11.6 Å². The molecule has 17 heavy (non-hydrogen) atoms. The number of aromatic hydroxyl groups is 2. The summed E-state index contributed by atoms with van der Waals surface area (Å²) in [6.45, 7) is 0. The molecule has 0 unspecified atom stereocenters. The van der Waals surface area contributed by atoms with E-state index < -0.39 is 0 Å². The van der Waals surface area contributed by atoms with Gasteiger partial charge in [-0.15, -0.1) is 0 Å². The normalized spacial score (nSPS) is 18.2. The summed E-state index contributed by atoms with van der Waals surface area (Å²) in [5, 5.41) is 19.0. The highest BCUT2D eigenvalue weighted by atomic mass is 32.1. The molecule has 1 atom stereocenters. The van der Waals surface area contributed by atoms with Crippen molar-refractivity contribution in [2.45, 2.75) is 18.8 Å². The second kappa shape index (κ2) is 3.59. The van der Waals surface area contributed by atoms with Crippen molar-refractivity contribution < 1.29 is 10.2 Å². The SMILES string of the molecule is O=c1[nH]c(O)c([C@@H]2CCc3cc(O)cnc32)s1. The van der Waals surface area contributed by atoms with E-state index in [1.165, 1.54) is 6.20 Å². The number of fused-ring (bicyclic) bond motifs is 1. The maximum Gasteiger partial charge on any atom is 0.307 e. The molecule has 5 nitrogen and oxygen atoms in total. The number of nitrogens with one attached hydrogen (secondary N) is 1. The summed E-state index contributed by atoms with van der Waals surface area (Å²) >= 11 is 1.02. The Morgan fingerprint density at radius 3 is 3.00 bits per heavy atom. The van der Waals surface area contributed by atoms with Gasteiger partial charge in [-0.2, -0.15) is 0 Å². The summed E-state index contributed by atoms with van der Waals surface area (Å²) in [5.74, 6) is 0.0400. The Kier molecular flexibility index (Phi) is 2.19. The monoisotopic (exact) mass is 250 g/mol. The van der Waals surface area contributed by atoms with Crippen LogP contribution in [0.25, 0.3) is 0 Å². The molecule has 1 aliphatic carbocycles. The van der Waals surface area contributed by atoms with Gasteiger partial charge in [0.1, 0.15) is 5.75 Å². The van der Waals surface area contributed by atoms with Crippen LogP contribution < -0.4 is 4.87 Å². The second-order valence-corrected chi connectivity index (χ2v) is 5.07. The fraction of sp³-hybridized carbons (Fsp3) is 0.273. The molecule has 1 aliphatic rings. The van der Waals surface area contributed by atoms with Crippen LogP contribution in [0.5, 0.6) is 11.6 Å². The van der Waals surface area contributed by atoms with E-state index in [2.05, 4.69) is 9.97 Å². The van der Waals surface area contributed by atoms with Gasteiger partial charge in [0.15, 0.2) is 0 Å². The number of aryl methyl sites for hydroxylation is 1. The molecule has 0 bridgehead atoms. The van der Waals surface area contributed by atoms with Gasteiger partial charge in [0, 0.05) is 5.92 Å². The first-order chi connectivity index (χ1) is 8.15. The van der Waals surface area contributed by atoms with Crippen LogP contribution in [0.15, 0.2) is 17.1 Å². The third kappa shape index (κ3) is 1.61. The highest BCUT2D eigenvalue weighted by Gasteiger charge is 2.29. The Morgan fingerprint density at radius 1 is 1.47 bits per heavy atom. The number of hydrogen-bond donors (Lipinski definition) is 3. The number of H-pyrrole nitrogens is 1. The number of nitrogens with zero attached hydrogens (tertiary/aromatic N) is 1. The number of hydrogen-bond acceptors (Lipinski definition) is 5. The maximum atomic E-state index is 11.2. The maximum absolute atomic E-state index is 11.2. The first-order valence-corrected chi connectivity index (χ1v) is 6.06. The average molecular weight is 250 g/mol. The highest BCUT2D eigenvalue weighted by molar-refractivity contribution is 7.09. The van der Waals surface area contributed by atoms with Gasteiger partial charge in [-0.05, 0) is 24.5 Å². The Labute approximate surface area is 100 Å². The average Bonchev–Trinajstić information content (AvgIpc) is 2.81. The summed E-state index contributed by atoms with van der Waals surface area (Å²) in [6.07, 6.45) is 2.99. The van der Waals surface area contributed by atoms with Crippen LogP contribution in [0.1, 0.15) is 28.5 Å². The molecule has 3 N–H and O–H groups in total. The van der Waals surface area contributed by atoms with Gasteiger partial charge in [0.05, 0.1) is 16.8 Å². The van der Waals surface area contributed by atoms with Crippen molar-refractivity contribution in [1.29, 1.82) is 0 Å². The van der Waals surface area contributed by atoms with Crippen molar-refractivity contribution in [1.82, 2.24) is 9.97 Å². The predicted molar refractivity (Wildman–Crippen MR) is 62.7 cm³/mol. The van der Waals surface area contributed by atoms with E-state index in [1.807, 2.05) is 0 Å². The molecular weight excluding hydrogens is 240 g/mol. The first-order valence-electron chi connectivity index (χ1n) is 5.25. The van der Waals surface area contributed by atoms with Crippen LogP contribution in [0.4, 0.5) is 0 Å². The number of thiazole rings is 1. The molecule has 0 amide bonds. The number of rotatable bonds is 1. The standard InChI is InChI=1S/C11H10N2O3S/c14-6-3-5-1-2-7(8(5)12-4-6)9-10(15)13-11(16)17-9/h3-4,7,14-15H,1-2H2,(H,13,16)/t7-/m1/s1. The molecule has 0 aromatic carbocycles. The van der Waals surface area contributed by atoms with Gasteiger partial charge < -0.3 is 10.2 Å². The summed E-state index contributed by atoms with van der Waals surface area (Å²) in [5.41, 5.74) is 1.82. The Morgan fingerprint density at radius 2 is 2.29 bits per heavy atom. The molecule has 0 spiro atoms. The molecule has 2 aromatic rings. The largest absolute Gasteiger partial charge is 0.506 e. The van der Waals surface area contributed by atoms with Crippen molar-refractivity contribution in [3.63, 3.8) is 0 Å². The molecule has 6 heteroatoms. The van der Waals surface area contributed by atoms with Gasteiger partial charge in [-0.3, -0.25) is 14.8 Å². The van der Waals surface area contributed by atoms with E-state index in [4.69, 9.17) is 0 Å².